The number of aromatic nitrogens is 1. The number of benzene rings is 1. The van der Waals surface area contributed by atoms with Gasteiger partial charge in [-0.1, -0.05) is 11.2 Å². The first-order chi connectivity index (χ1) is 9.85. The van der Waals surface area contributed by atoms with Gasteiger partial charge >= 0.3 is 0 Å². The Morgan fingerprint density at radius 1 is 1.38 bits per heavy atom. The maximum absolute atomic E-state index is 12.4. The van der Waals surface area contributed by atoms with Crippen LogP contribution in [0.2, 0.25) is 0 Å². The van der Waals surface area contributed by atoms with Gasteiger partial charge in [0.1, 0.15) is 5.76 Å². The van der Waals surface area contributed by atoms with Crippen molar-refractivity contribution in [1.29, 1.82) is 0 Å². The third-order valence-corrected chi connectivity index (χ3v) is 5.54. The quantitative estimate of drug-likeness (QED) is 0.834. The Hall–Kier alpha value is -1.22. The summed E-state index contributed by atoms with van der Waals surface area (Å²) in [6.07, 6.45) is 0. The molecule has 1 aromatic heterocycles. The van der Waals surface area contributed by atoms with Gasteiger partial charge in [0.15, 0.2) is 0 Å². The van der Waals surface area contributed by atoms with Gasteiger partial charge in [-0.05, 0) is 47.5 Å². The molecule has 1 aromatic carbocycles. The molecule has 21 heavy (non-hydrogen) atoms. The standard InChI is InChI=1S/C13H16BrN3O3S/c1-8-11(9(2)20-17-8)7-16-21(18,19)13-5-10(6-15)3-4-12(13)14/h3-5,16H,6-7,15H2,1-2H3. The van der Waals surface area contributed by atoms with E-state index in [1.54, 1.807) is 32.0 Å². The van der Waals surface area contributed by atoms with Gasteiger partial charge < -0.3 is 10.3 Å². The predicted octanol–water partition coefficient (Wildman–Crippen LogP) is 1.99. The zero-order valence-corrected chi connectivity index (χ0v) is 14.1. The molecule has 6 nitrogen and oxygen atoms in total. The van der Waals surface area contributed by atoms with E-state index in [1.807, 2.05) is 0 Å². The van der Waals surface area contributed by atoms with E-state index in [0.717, 1.165) is 11.1 Å². The van der Waals surface area contributed by atoms with E-state index in [4.69, 9.17) is 10.3 Å². The van der Waals surface area contributed by atoms with Crippen LogP contribution < -0.4 is 10.5 Å². The molecule has 0 aliphatic rings. The van der Waals surface area contributed by atoms with Gasteiger partial charge in [-0.3, -0.25) is 0 Å². The molecule has 0 aliphatic carbocycles. The van der Waals surface area contributed by atoms with Crippen molar-refractivity contribution in [3.8, 4) is 0 Å². The lowest BCUT2D eigenvalue weighted by molar-refractivity contribution is 0.392. The van der Waals surface area contributed by atoms with E-state index < -0.39 is 10.0 Å². The molecule has 3 N–H and O–H groups in total. The van der Waals surface area contributed by atoms with Crippen molar-refractivity contribution in [2.45, 2.75) is 31.8 Å². The highest BCUT2D eigenvalue weighted by Crippen LogP contribution is 2.23. The Balaban J connectivity index is 2.27. The highest BCUT2D eigenvalue weighted by Gasteiger charge is 2.19. The molecule has 114 valence electrons. The molecule has 0 saturated carbocycles. The van der Waals surface area contributed by atoms with Crippen LogP contribution in [0.5, 0.6) is 0 Å². The van der Waals surface area contributed by atoms with E-state index in [2.05, 4.69) is 25.8 Å². The second-order valence-corrected chi connectivity index (χ2v) is 7.19. The molecule has 2 rings (SSSR count). The Bertz CT molecular complexity index is 737. The summed E-state index contributed by atoms with van der Waals surface area (Å²) in [6, 6.07) is 5.00. The van der Waals surface area contributed by atoms with Gasteiger partial charge in [0, 0.05) is 23.1 Å². The number of nitrogens with zero attached hydrogens (tertiary/aromatic N) is 1. The van der Waals surface area contributed by atoms with Crippen molar-refractivity contribution >= 4 is 26.0 Å². The molecule has 8 heteroatoms. The van der Waals surface area contributed by atoms with Crippen molar-refractivity contribution in [3.05, 3.63) is 45.3 Å². The van der Waals surface area contributed by atoms with Gasteiger partial charge in [0.05, 0.1) is 10.6 Å². The van der Waals surface area contributed by atoms with Crippen molar-refractivity contribution in [3.63, 3.8) is 0 Å². The molecule has 0 unspecified atom stereocenters. The summed E-state index contributed by atoms with van der Waals surface area (Å²) in [4.78, 5) is 0.164. The lowest BCUT2D eigenvalue weighted by atomic mass is 10.2. The van der Waals surface area contributed by atoms with Crippen LogP contribution in [0.4, 0.5) is 0 Å². The third kappa shape index (κ3) is 3.52. The molecule has 0 amide bonds. The second-order valence-electron chi connectivity index (χ2n) is 4.60. The molecule has 0 fully saturated rings. The third-order valence-electron chi connectivity index (χ3n) is 3.14. The van der Waals surface area contributed by atoms with E-state index in [-0.39, 0.29) is 18.0 Å². The van der Waals surface area contributed by atoms with E-state index in [1.165, 1.54) is 0 Å². The van der Waals surface area contributed by atoms with Crippen LogP contribution >= 0.6 is 15.9 Å². The molecule has 2 aromatic rings. The first-order valence-electron chi connectivity index (χ1n) is 6.25. The fraction of sp³-hybridized carbons (Fsp3) is 0.308. The normalized spacial score (nSPS) is 11.8. The second kappa shape index (κ2) is 6.27. The molecule has 0 aliphatic heterocycles. The fourth-order valence-corrected chi connectivity index (χ4v) is 3.89. The molecule has 0 spiro atoms. The fourth-order valence-electron chi connectivity index (χ4n) is 1.88. The summed E-state index contributed by atoms with van der Waals surface area (Å²) < 4.78 is 32.9. The van der Waals surface area contributed by atoms with Crippen molar-refractivity contribution in [2.24, 2.45) is 5.73 Å². The molecule has 0 saturated heterocycles. The summed E-state index contributed by atoms with van der Waals surface area (Å²) in [7, 11) is -3.66. The van der Waals surface area contributed by atoms with Crippen LogP contribution in [0, 0.1) is 13.8 Å². The Morgan fingerprint density at radius 2 is 2.10 bits per heavy atom. The number of nitrogens with two attached hydrogens (primary N) is 1. The predicted molar refractivity (Wildman–Crippen MR) is 82.0 cm³/mol. The first-order valence-corrected chi connectivity index (χ1v) is 8.52. The number of nitrogens with one attached hydrogen (secondary N) is 1. The molecule has 0 atom stereocenters. The van der Waals surface area contributed by atoms with E-state index >= 15 is 0 Å². The lowest BCUT2D eigenvalue weighted by Gasteiger charge is -2.10. The number of hydrogen-bond donors (Lipinski definition) is 2. The number of rotatable bonds is 5. The average Bonchev–Trinajstić information content (AvgIpc) is 2.76. The summed E-state index contributed by atoms with van der Waals surface area (Å²) in [5.41, 5.74) is 7.71. The molecule has 1 heterocycles. The topological polar surface area (TPSA) is 98.2 Å². The number of aryl methyl sites for hydroxylation is 2. The monoisotopic (exact) mass is 373 g/mol. The molecular formula is C13H16BrN3O3S. The molecule has 0 radical (unpaired) electrons. The van der Waals surface area contributed by atoms with Crippen molar-refractivity contribution in [1.82, 2.24) is 9.88 Å². The Morgan fingerprint density at radius 3 is 2.67 bits per heavy atom. The Kier molecular flexibility index (Phi) is 4.82. The zero-order chi connectivity index (χ0) is 15.6. The summed E-state index contributed by atoms with van der Waals surface area (Å²) >= 11 is 3.25. The van der Waals surface area contributed by atoms with Gasteiger partial charge in [-0.2, -0.15) is 0 Å². The van der Waals surface area contributed by atoms with Gasteiger partial charge in [0.25, 0.3) is 0 Å². The molecule has 0 bridgehead atoms. The number of hydrogen-bond acceptors (Lipinski definition) is 5. The van der Waals surface area contributed by atoms with Crippen LogP contribution in [-0.2, 0) is 23.1 Å². The maximum Gasteiger partial charge on any atom is 0.242 e. The molecular weight excluding hydrogens is 358 g/mol. The van der Waals surface area contributed by atoms with Crippen LogP contribution in [0.1, 0.15) is 22.6 Å². The van der Waals surface area contributed by atoms with Crippen LogP contribution in [0.3, 0.4) is 0 Å². The number of halogens is 1. The van der Waals surface area contributed by atoms with Gasteiger partial charge in [-0.25, -0.2) is 13.1 Å². The van der Waals surface area contributed by atoms with E-state index in [9.17, 15) is 8.42 Å². The summed E-state index contributed by atoms with van der Waals surface area (Å²) in [6.45, 7) is 3.92. The van der Waals surface area contributed by atoms with E-state index in [0.29, 0.717) is 15.9 Å². The van der Waals surface area contributed by atoms with Crippen molar-refractivity contribution in [2.75, 3.05) is 0 Å². The van der Waals surface area contributed by atoms with Crippen LogP contribution in [-0.4, -0.2) is 13.6 Å². The van der Waals surface area contributed by atoms with Gasteiger partial charge in [-0.15, -0.1) is 0 Å². The number of sulfonamides is 1. The SMILES string of the molecule is Cc1noc(C)c1CNS(=O)(=O)c1cc(CN)ccc1Br. The lowest BCUT2D eigenvalue weighted by Crippen LogP contribution is -2.24. The largest absolute Gasteiger partial charge is 0.361 e. The highest BCUT2D eigenvalue weighted by molar-refractivity contribution is 9.10. The average molecular weight is 374 g/mol. The zero-order valence-electron chi connectivity index (χ0n) is 11.7. The van der Waals surface area contributed by atoms with Crippen LogP contribution in [0.15, 0.2) is 32.1 Å². The minimum absolute atomic E-state index is 0.128. The smallest absolute Gasteiger partial charge is 0.242 e. The van der Waals surface area contributed by atoms with Crippen molar-refractivity contribution < 1.29 is 12.9 Å². The first kappa shape index (κ1) is 16.2. The van der Waals surface area contributed by atoms with Crippen LogP contribution in [0.25, 0.3) is 0 Å². The van der Waals surface area contributed by atoms with Gasteiger partial charge in [0.2, 0.25) is 10.0 Å². The Labute approximate surface area is 131 Å². The maximum atomic E-state index is 12.4. The summed E-state index contributed by atoms with van der Waals surface area (Å²) in [5, 5.41) is 3.80. The highest BCUT2D eigenvalue weighted by atomic mass is 79.9. The minimum Gasteiger partial charge on any atom is -0.361 e. The summed E-state index contributed by atoms with van der Waals surface area (Å²) in [5.74, 6) is 0.602. The minimum atomic E-state index is -3.66.